The third-order valence-electron chi connectivity index (χ3n) is 5.66. The van der Waals surface area contributed by atoms with Crippen LogP contribution in [0.25, 0.3) is 15.9 Å². The SMILES string of the molecule is C=C(NC)c1ccc(N2CCN(Cc3cc4[nH]c(=O)n(CC)c(=O)c4s3)CC2=O)c(C)n1. The number of carbonyl (C=O) groups is 1. The molecule has 10 heteroatoms. The Hall–Kier alpha value is -3.24. The molecule has 32 heavy (non-hydrogen) atoms. The van der Waals surface area contributed by atoms with E-state index in [9.17, 15) is 14.4 Å². The molecule has 3 aromatic heterocycles. The zero-order valence-corrected chi connectivity index (χ0v) is 19.2. The molecule has 1 aliphatic rings. The number of hydrogen-bond acceptors (Lipinski definition) is 7. The van der Waals surface area contributed by atoms with Gasteiger partial charge in [0.25, 0.3) is 5.56 Å². The molecule has 1 saturated heterocycles. The first kappa shape index (κ1) is 22.0. The van der Waals surface area contributed by atoms with E-state index in [0.717, 1.165) is 27.6 Å². The average Bonchev–Trinajstić information content (AvgIpc) is 3.16. The summed E-state index contributed by atoms with van der Waals surface area (Å²) in [7, 11) is 1.80. The molecule has 0 saturated carbocycles. The average molecular weight is 455 g/mol. The molecule has 2 N–H and O–H groups in total. The van der Waals surface area contributed by atoms with Gasteiger partial charge in [0, 0.05) is 38.1 Å². The van der Waals surface area contributed by atoms with Crippen LogP contribution in [0.2, 0.25) is 0 Å². The Labute approximate surface area is 189 Å². The fourth-order valence-corrected chi connectivity index (χ4v) is 5.03. The van der Waals surface area contributed by atoms with Gasteiger partial charge < -0.3 is 15.2 Å². The number of aryl methyl sites for hydroxylation is 1. The third kappa shape index (κ3) is 3.98. The second kappa shape index (κ2) is 8.71. The molecule has 0 aliphatic carbocycles. The number of thiophene rings is 1. The standard InChI is InChI=1S/C22H26N6O3S/c1-5-27-21(30)20-17(25-22(27)31)10-15(32-20)11-26-8-9-28(19(29)12-26)18-7-6-16(13(2)23-4)24-14(18)3/h6-7,10,23H,2,5,8-9,11-12H2,1,3-4H3,(H,25,31). The first-order valence-corrected chi connectivity index (χ1v) is 11.3. The predicted octanol–water partition coefficient (Wildman–Crippen LogP) is 1.51. The zero-order valence-electron chi connectivity index (χ0n) is 18.4. The quantitative estimate of drug-likeness (QED) is 0.585. The van der Waals surface area contributed by atoms with E-state index in [-0.39, 0.29) is 18.0 Å². The molecule has 0 bridgehead atoms. The van der Waals surface area contributed by atoms with Gasteiger partial charge in [-0.1, -0.05) is 6.58 Å². The van der Waals surface area contributed by atoms with E-state index in [1.807, 2.05) is 25.1 Å². The van der Waals surface area contributed by atoms with Crippen molar-refractivity contribution in [3.8, 4) is 0 Å². The van der Waals surface area contributed by atoms with Crippen molar-refractivity contribution in [2.45, 2.75) is 26.9 Å². The number of piperazine rings is 1. The number of nitrogens with zero attached hydrogens (tertiary/aromatic N) is 4. The number of aromatic nitrogens is 3. The number of aromatic amines is 1. The molecule has 9 nitrogen and oxygen atoms in total. The number of carbonyl (C=O) groups excluding carboxylic acids is 1. The number of amides is 1. The minimum atomic E-state index is -0.397. The van der Waals surface area contributed by atoms with Gasteiger partial charge in [-0.05, 0) is 32.0 Å². The maximum Gasteiger partial charge on any atom is 0.328 e. The highest BCUT2D eigenvalue weighted by molar-refractivity contribution is 7.18. The maximum atomic E-state index is 12.9. The number of hydrogen-bond donors (Lipinski definition) is 2. The second-order valence-corrected chi connectivity index (χ2v) is 8.86. The van der Waals surface area contributed by atoms with Gasteiger partial charge in [-0.3, -0.25) is 19.1 Å². The van der Waals surface area contributed by atoms with Crippen LogP contribution in [0.4, 0.5) is 5.69 Å². The number of anilines is 1. The van der Waals surface area contributed by atoms with E-state index in [1.54, 1.807) is 18.9 Å². The van der Waals surface area contributed by atoms with Crippen LogP contribution in [-0.4, -0.2) is 52.0 Å². The summed E-state index contributed by atoms with van der Waals surface area (Å²) >= 11 is 1.37. The van der Waals surface area contributed by atoms with E-state index in [4.69, 9.17) is 0 Å². The highest BCUT2D eigenvalue weighted by Gasteiger charge is 2.27. The summed E-state index contributed by atoms with van der Waals surface area (Å²) in [5.41, 5.74) is 2.96. The van der Waals surface area contributed by atoms with Crippen LogP contribution in [0.5, 0.6) is 0 Å². The number of rotatable bonds is 6. The normalized spacial score (nSPS) is 14.8. The van der Waals surface area contributed by atoms with Crippen LogP contribution in [0.3, 0.4) is 0 Å². The van der Waals surface area contributed by atoms with Crippen molar-refractivity contribution >= 4 is 38.8 Å². The van der Waals surface area contributed by atoms with Crippen LogP contribution in [0.1, 0.15) is 23.2 Å². The van der Waals surface area contributed by atoms with E-state index in [1.165, 1.54) is 15.9 Å². The van der Waals surface area contributed by atoms with Crippen molar-refractivity contribution in [2.24, 2.45) is 0 Å². The second-order valence-electron chi connectivity index (χ2n) is 7.72. The van der Waals surface area contributed by atoms with Gasteiger partial charge >= 0.3 is 5.69 Å². The largest absolute Gasteiger partial charge is 0.387 e. The first-order chi connectivity index (χ1) is 15.3. The van der Waals surface area contributed by atoms with Crippen LogP contribution in [-0.2, 0) is 17.9 Å². The number of fused-ring (bicyclic) bond motifs is 1. The van der Waals surface area contributed by atoms with Gasteiger partial charge in [-0.25, -0.2) is 9.78 Å². The molecule has 0 atom stereocenters. The molecular formula is C22H26N6O3S. The molecule has 0 radical (unpaired) electrons. The van der Waals surface area contributed by atoms with E-state index >= 15 is 0 Å². The summed E-state index contributed by atoms with van der Waals surface area (Å²) in [6.07, 6.45) is 0. The molecule has 3 aromatic rings. The Balaban J connectivity index is 1.49. The molecule has 1 fully saturated rings. The zero-order chi connectivity index (χ0) is 23.0. The van der Waals surface area contributed by atoms with E-state index < -0.39 is 5.69 Å². The van der Waals surface area contributed by atoms with Crippen molar-refractivity contribution in [1.82, 2.24) is 24.8 Å². The molecular weight excluding hydrogens is 428 g/mol. The fraction of sp³-hybridized carbons (Fsp3) is 0.364. The highest BCUT2D eigenvalue weighted by Crippen LogP contribution is 2.25. The number of nitrogens with one attached hydrogen (secondary N) is 2. The van der Waals surface area contributed by atoms with Gasteiger partial charge in [0.15, 0.2) is 0 Å². The van der Waals surface area contributed by atoms with Crippen molar-refractivity contribution in [1.29, 1.82) is 0 Å². The Morgan fingerprint density at radius 3 is 2.72 bits per heavy atom. The van der Waals surface area contributed by atoms with Crippen molar-refractivity contribution in [3.05, 3.63) is 61.9 Å². The van der Waals surface area contributed by atoms with Crippen LogP contribution >= 0.6 is 11.3 Å². The number of H-pyrrole nitrogens is 1. The topological polar surface area (TPSA) is 103 Å². The molecule has 1 aliphatic heterocycles. The molecule has 4 rings (SSSR count). The monoisotopic (exact) mass is 454 g/mol. The summed E-state index contributed by atoms with van der Waals surface area (Å²) < 4.78 is 1.73. The van der Waals surface area contributed by atoms with E-state index in [2.05, 4.69) is 26.8 Å². The fourth-order valence-electron chi connectivity index (χ4n) is 3.92. The predicted molar refractivity (Wildman–Crippen MR) is 127 cm³/mol. The van der Waals surface area contributed by atoms with Gasteiger partial charge in [0.1, 0.15) is 4.70 Å². The third-order valence-corrected chi connectivity index (χ3v) is 6.77. The van der Waals surface area contributed by atoms with Crippen molar-refractivity contribution in [2.75, 3.05) is 31.6 Å². The molecule has 0 aromatic carbocycles. The van der Waals surface area contributed by atoms with Gasteiger partial charge in [0.05, 0.1) is 34.8 Å². The summed E-state index contributed by atoms with van der Waals surface area (Å²) in [6, 6.07) is 5.61. The lowest BCUT2D eigenvalue weighted by Crippen LogP contribution is -2.50. The van der Waals surface area contributed by atoms with Crippen molar-refractivity contribution in [3.63, 3.8) is 0 Å². The Bertz CT molecular complexity index is 1320. The molecule has 4 heterocycles. The molecule has 1 amide bonds. The minimum absolute atomic E-state index is 0.00389. The Kier molecular flexibility index (Phi) is 5.98. The molecule has 168 valence electrons. The highest BCUT2D eigenvalue weighted by atomic mass is 32.1. The smallest absolute Gasteiger partial charge is 0.328 e. The number of pyridine rings is 1. The van der Waals surface area contributed by atoms with Crippen LogP contribution < -0.4 is 21.5 Å². The molecule has 0 spiro atoms. The Morgan fingerprint density at radius 1 is 1.28 bits per heavy atom. The first-order valence-electron chi connectivity index (χ1n) is 10.4. The van der Waals surface area contributed by atoms with Gasteiger partial charge in [0.2, 0.25) is 5.91 Å². The maximum absolute atomic E-state index is 12.9. The van der Waals surface area contributed by atoms with Gasteiger partial charge in [-0.2, -0.15) is 0 Å². The Morgan fingerprint density at radius 2 is 2.06 bits per heavy atom. The van der Waals surface area contributed by atoms with Crippen LogP contribution in [0.15, 0.2) is 34.4 Å². The summed E-state index contributed by atoms with van der Waals surface area (Å²) in [5.74, 6) is 0.00389. The van der Waals surface area contributed by atoms with Crippen LogP contribution in [0, 0.1) is 6.92 Å². The van der Waals surface area contributed by atoms with Crippen molar-refractivity contribution < 1.29 is 4.79 Å². The lowest BCUT2D eigenvalue weighted by molar-refractivity contribution is -0.121. The van der Waals surface area contributed by atoms with Gasteiger partial charge in [-0.15, -0.1) is 11.3 Å². The summed E-state index contributed by atoms with van der Waals surface area (Å²) in [5, 5.41) is 2.98. The summed E-state index contributed by atoms with van der Waals surface area (Å²) in [4.78, 5) is 49.6. The lowest BCUT2D eigenvalue weighted by atomic mass is 10.2. The lowest BCUT2D eigenvalue weighted by Gasteiger charge is -2.34. The summed E-state index contributed by atoms with van der Waals surface area (Å²) in [6.45, 7) is 9.98. The molecule has 0 unspecified atom stereocenters. The van der Waals surface area contributed by atoms with E-state index in [0.29, 0.717) is 36.4 Å². The minimum Gasteiger partial charge on any atom is -0.387 e.